The van der Waals surface area contributed by atoms with E-state index < -0.39 is 0 Å². The fourth-order valence-corrected chi connectivity index (χ4v) is 4.30. The summed E-state index contributed by atoms with van der Waals surface area (Å²) in [5, 5.41) is 9.59. The Morgan fingerprint density at radius 1 is 1.03 bits per heavy atom. The summed E-state index contributed by atoms with van der Waals surface area (Å²) in [5.74, 6) is 1.59. The molecule has 1 saturated heterocycles. The summed E-state index contributed by atoms with van der Waals surface area (Å²) >= 11 is 0. The smallest absolute Gasteiger partial charge is 0.161 e. The van der Waals surface area contributed by atoms with E-state index in [1.807, 2.05) is 13.0 Å². The van der Waals surface area contributed by atoms with Crippen LogP contribution in [0.15, 0.2) is 48.5 Å². The lowest BCUT2D eigenvalue weighted by Gasteiger charge is -2.41. The highest BCUT2D eigenvalue weighted by atomic mass is 16.5. The van der Waals surface area contributed by atoms with Crippen LogP contribution in [-0.2, 0) is 13.0 Å². The Hall–Kier alpha value is -2.08. The zero-order valence-corrected chi connectivity index (χ0v) is 18.4. The Morgan fingerprint density at radius 3 is 2.60 bits per heavy atom. The fraction of sp³-hybridized carbons (Fsp3) is 0.520. The molecule has 0 unspecified atom stereocenters. The van der Waals surface area contributed by atoms with Gasteiger partial charge in [-0.2, -0.15) is 0 Å². The summed E-state index contributed by atoms with van der Waals surface area (Å²) in [6, 6.07) is 17.3. The second-order valence-electron chi connectivity index (χ2n) is 7.94. The van der Waals surface area contributed by atoms with Crippen LogP contribution in [0.4, 0.5) is 0 Å². The van der Waals surface area contributed by atoms with Gasteiger partial charge in [0.1, 0.15) is 0 Å². The SMILES string of the molecule is CCOc1cc(CN2CCN(CCCc3ccccc3)[C@H](CCO)C2)ccc1OC. The molecule has 30 heavy (non-hydrogen) atoms. The van der Waals surface area contributed by atoms with Crippen molar-refractivity contribution in [2.75, 3.05) is 46.5 Å². The van der Waals surface area contributed by atoms with Crippen LogP contribution in [0.5, 0.6) is 11.5 Å². The molecule has 1 heterocycles. The van der Waals surface area contributed by atoms with Gasteiger partial charge in [-0.15, -0.1) is 0 Å². The Kier molecular flexibility index (Phi) is 9.00. The number of rotatable bonds is 11. The van der Waals surface area contributed by atoms with Gasteiger partial charge in [0.15, 0.2) is 11.5 Å². The van der Waals surface area contributed by atoms with Gasteiger partial charge in [-0.3, -0.25) is 9.80 Å². The van der Waals surface area contributed by atoms with Gasteiger partial charge in [-0.25, -0.2) is 0 Å². The molecule has 0 radical (unpaired) electrons. The monoisotopic (exact) mass is 412 g/mol. The van der Waals surface area contributed by atoms with Crippen LogP contribution < -0.4 is 9.47 Å². The van der Waals surface area contributed by atoms with Gasteiger partial charge in [0.2, 0.25) is 0 Å². The third-order valence-electron chi connectivity index (χ3n) is 5.84. The van der Waals surface area contributed by atoms with Crippen LogP contribution in [-0.4, -0.2) is 67.5 Å². The molecular formula is C25H36N2O3. The number of piperazine rings is 1. The molecule has 2 aromatic carbocycles. The van der Waals surface area contributed by atoms with E-state index in [9.17, 15) is 5.11 Å². The fourth-order valence-electron chi connectivity index (χ4n) is 4.30. The summed E-state index contributed by atoms with van der Waals surface area (Å²) in [7, 11) is 1.67. The standard InChI is InChI=1S/C25H36N2O3/c1-3-30-25-18-22(11-12-24(25)29-2)19-26-15-16-27(23(20-26)13-17-28)14-7-10-21-8-5-4-6-9-21/h4-6,8-9,11-12,18,23,28H,3,7,10,13-17,19-20H2,1-2H3/t23-/m1/s1. The topological polar surface area (TPSA) is 45.2 Å². The highest BCUT2D eigenvalue weighted by Gasteiger charge is 2.26. The van der Waals surface area contributed by atoms with Crippen molar-refractivity contribution in [3.05, 3.63) is 59.7 Å². The quantitative estimate of drug-likeness (QED) is 0.611. The first-order chi connectivity index (χ1) is 14.7. The van der Waals surface area contributed by atoms with Crippen molar-refractivity contribution in [1.82, 2.24) is 9.80 Å². The van der Waals surface area contributed by atoms with E-state index in [1.54, 1.807) is 7.11 Å². The van der Waals surface area contributed by atoms with Crippen LogP contribution >= 0.6 is 0 Å². The molecule has 1 atom stereocenters. The minimum absolute atomic E-state index is 0.241. The maximum absolute atomic E-state index is 9.59. The maximum atomic E-state index is 9.59. The number of nitrogens with zero attached hydrogens (tertiary/aromatic N) is 2. The predicted molar refractivity (Wildman–Crippen MR) is 121 cm³/mol. The molecule has 164 valence electrons. The molecule has 1 aliphatic heterocycles. The van der Waals surface area contributed by atoms with Crippen molar-refractivity contribution in [1.29, 1.82) is 0 Å². The lowest BCUT2D eigenvalue weighted by atomic mass is 10.1. The Morgan fingerprint density at radius 2 is 1.87 bits per heavy atom. The van der Waals surface area contributed by atoms with Gasteiger partial charge in [0.05, 0.1) is 13.7 Å². The molecule has 0 spiro atoms. The highest BCUT2D eigenvalue weighted by molar-refractivity contribution is 5.43. The number of benzene rings is 2. The van der Waals surface area contributed by atoms with Gasteiger partial charge in [-0.1, -0.05) is 36.4 Å². The maximum Gasteiger partial charge on any atom is 0.161 e. The average molecular weight is 413 g/mol. The molecule has 1 N–H and O–H groups in total. The lowest BCUT2D eigenvalue weighted by Crippen LogP contribution is -2.53. The Balaban J connectivity index is 1.54. The number of methoxy groups -OCH3 is 1. The van der Waals surface area contributed by atoms with Crippen LogP contribution in [0.1, 0.15) is 30.9 Å². The van der Waals surface area contributed by atoms with E-state index in [0.29, 0.717) is 12.6 Å². The lowest BCUT2D eigenvalue weighted by molar-refractivity contribution is 0.0546. The Bertz CT molecular complexity index is 753. The minimum Gasteiger partial charge on any atom is -0.493 e. The van der Waals surface area contributed by atoms with E-state index in [1.165, 1.54) is 11.1 Å². The van der Waals surface area contributed by atoms with Gasteiger partial charge >= 0.3 is 0 Å². The summed E-state index contributed by atoms with van der Waals surface area (Å²) < 4.78 is 11.1. The summed E-state index contributed by atoms with van der Waals surface area (Å²) in [5.41, 5.74) is 2.64. The minimum atomic E-state index is 0.241. The molecule has 0 bridgehead atoms. The number of aliphatic hydroxyl groups is 1. The van der Waals surface area contributed by atoms with E-state index in [-0.39, 0.29) is 6.61 Å². The largest absolute Gasteiger partial charge is 0.493 e. The molecule has 2 aromatic rings. The van der Waals surface area contributed by atoms with Crippen LogP contribution in [0, 0.1) is 0 Å². The number of aliphatic hydroxyl groups excluding tert-OH is 1. The first kappa shape index (κ1) is 22.6. The molecule has 1 aliphatic rings. The molecule has 0 aliphatic carbocycles. The first-order valence-corrected chi connectivity index (χ1v) is 11.1. The predicted octanol–water partition coefficient (Wildman–Crippen LogP) is 3.60. The highest BCUT2D eigenvalue weighted by Crippen LogP contribution is 2.29. The zero-order valence-electron chi connectivity index (χ0n) is 18.4. The van der Waals surface area contributed by atoms with Gasteiger partial charge in [-0.05, 0) is 56.0 Å². The summed E-state index contributed by atoms with van der Waals surface area (Å²) in [6.07, 6.45) is 3.09. The average Bonchev–Trinajstić information content (AvgIpc) is 2.77. The normalized spacial score (nSPS) is 17.8. The van der Waals surface area contributed by atoms with Crippen LogP contribution in [0.3, 0.4) is 0 Å². The van der Waals surface area contributed by atoms with Crippen molar-refractivity contribution in [3.63, 3.8) is 0 Å². The summed E-state index contributed by atoms with van der Waals surface area (Å²) in [6.45, 7) is 7.92. The molecule has 1 fully saturated rings. The summed E-state index contributed by atoms with van der Waals surface area (Å²) in [4.78, 5) is 5.06. The third kappa shape index (κ3) is 6.46. The number of hydrogen-bond donors (Lipinski definition) is 1. The first-order valence-electron chi connectivity index (χ1n) is 11.1. The number of aryl methyl sites for hydroxylation is 1. The van der Waals surface area contributed by atoms with Crippen LogP contribution in [0.25, 0.3) is 0 Å². The van der Waals surface area contributed by atoms with Crippen molar-refractivity contribution in [3.8, 4) is 11.5 Å². The van der Waals surface area contributed by atoms with E-state index >= 15 is 0 Å². The van der Waals surface area contributed by atoms with Crippen molar-refractivity contribution in [2.45, 2.75) is 38.8 Å². The van der Waals surface area contributed by atoms with E-state index in [2.05, 4.69) is 52.3 Å². The molecule has 5 heteroatoms. The number of hydrogen-bond acceptors (Lipinski definition) is 5. The van der Waals surface area contributed by atoms with E-state index in [0.717, 1.165) is 63.5 Å². The molecule has 3 rings (SSSR count). The van der Waals surface area contributed by atoms with E-state index in [4.69, 9.17) is 9.47 Å². The van der Waals surface area contributed by atoms with Crippen molar-refractivity contribution in [2.24, 2.45) is 0 Å². The molecule has 0 amide bonds. The molecular weight excluding hydrogens is 376 g/mol. The number of ether oxygens (including phenoxy) is 2. The van der Waals surface area contributed by atoms with Gasteiger partial charge < -0.3 is 14.6 Å². The molecule has 0 saturated carbocycles. The van der Waals surface area contributed by atoms with Crippen molar-refractivity contribution < 1.29 is 14.6 Å². The van der Waals surface area contributed by atoms with Gasteiger partial charge in [0, 0.05) is 38.8 Å². The van der Waals surface area contributed by atoms with Gasteiger partial charge in [0.25, 0.3) is 0 Å². The molecule has 5 nitrogen and oxygen atoms in total. The molecule has 0 aromatic heterocycles. The second kappa shape index (κ2) is 11.9. The zero-order chi connectivity index (χ0) is 21.2. The van der Waals surface area contributed by atoms with Crippen molar-refractivity contribution >= 4 is 0 Å². The second-order valence-corrected chi connectivity index (χ2v) is 7.94. The third-order valence-corrected chi connectivity index (χ3v) is 5.84. The van der Waals surface area contributed by atoms with Crippen LogP contribution in [0.2, 0.25) is 0 Å². The Labute approximate surface area is 181 Å².